The third kappa shape index (κ3) is 1.07. The van der Waals surface area contributed by atoms with E-state index in [2.05, 4.69) is 10.5 Å². The summed E-state index contributed by atoms with van der Waals surface area (Å²) in [6.45, 7) is 0.841. The van der Waals surface area contributed by atoms with Gasteiger partial charge in [0.05, 0.1) is 0 Å². The average molecular weight is 162 g/mol. The van der Waals surface area contributed by atoms with Gasteiger partial charge in [0.25, 0.3) is 0 Å². The van der Waals surface area contributed by atoms with Gasteiger partial charge in [0, 0.05) is 17.8 Å². The van der Waals surface area contributed by atoms with Gasteiger partial charge in [0.1, 0.15) is 6.04 Å². The van der Waals surface area contributed by atoms with Crippen LogP contribution in [0.25, 0.3) is 0 Å². The molecule has 62 valence electrons. The molecule has 0 saturated carbocycles. The lowest BCUT2D eigenvalue weighted by atomic mass is 9.99. The van der Waals surface area contributed by atoms with Crippen LogP contribution in [0.2, 0.25) is 0 Å². The van der Waals surface area contributed by atoms with Crippen molar-refractivity contribution < 1.29 is 0 Å². The predicted octanol–water partition coefficient (Wildman–Crippen LogP) is 2.31. The van der Waals surface area contributed by atoms with Crippen molar-refractivity contribution in [3.63, 3.8) is 0 Å². The van der Waals surface area contributed by atoms with Gasteiger partial charge in [0.15, 0.2) is 0 Å². The van der Waals surface area contributed by atoms with E-state index in [1.54, 1.807) is 0 Å². The number of fused-ring (bicyclic) bond motifs is 1. The second-order valence-corrected chi connectivity index (χ2v) is 2.92. The van der Waals surface area contributed by atoms with Crippen LogP contribution in [0.15, 0.2) is 29.4 Å². The maximum Gasteiger partial charge on any atom is 0.121 e. The first-order chi connectivity index (χ1) is 5.92. The third-order valence-electron chi connectivity index (χ3n) is 2.18. The lowest BCUT2D eigenvalue weighted by Gasteiger charge is -2.21. The first-order valence-electron chi connectivity index (χ1n) is 4.07. The number of nitrogens with zero attached hydrogens (tertiary/aromatic N) is 1. The second-order valence-electron chi connectivity index (χ2n) is 2.92. The molecule has 3 heteroatoms. The van der Waals surface area contributed by atoms with Crippen LogP contribution in [0.3, 0.4) is 0 Å². The number of para-hydroxylation sites is 1. The smallest absolute Gasteiger partial charge is 0.121 e. The van der Waals surface area contributed by atoms with Gasteiger partial charge in [-0.1, -0.05) is 23.4 Å². The highest BCUT2D eigenvalue weighted by Crippen LogP contribution is 2.31. The van der Waals surface area contributed by atoms with Crippen molar-refractivity contribution in [3.05, 3.63) is 34.7 Å². The number of anilines is 1. The van der Waals surface area contributed by atoms with E-state index in [9.17, 15) is 4.91 Å². The van der Waals surface area contributed by atoms with Crippen LogP contribution in [-0.4, -0.2) is 6.54 Å². The zero-order valence-electron chi connectivity index (χ0n) is 6.66. The molecule has 1 heterocycles. The van der Waals surface area contributed by atoms with Gasteiger partial charge in [-0.25, -0.2) is 0 Å². The molecule has 0 aromatic heterocycles. The van der Waals surface area contributed by atoms with E-state index in [4.69, 9.17) is 0 Å². The Balaban J connectivity index is 2.43. The van der Waals surface area contributed by atoms with E-state index in [1.807, 2.05) is 24.3 Å². The Labute approximate surface area is 70.8 Å². The van der Waals surface area contributed by atoms with Crippen LogP contribution < -0.4 is 5.32 Å². The summed E-state index contributed by atoms with van der Waals surface area (Å²) >= 11 is 0. The monoisotopic (exact) mass is 162 g/mol. The van der Waals surface area contributed by atoms with Crippen molar-refractivity contribution in [1.29, 1.82) is 0 Å². The van der Waals surface area contributed by atoms with E-state index in [-0.39, 0.29) is 6.04 Å². The molecule has 1 aliphatic heterocycles. The van der Waals surface area contributed by atoms with Crippen molar-refractivity contribution in [2.75, 3.05) is 11.9 Å². The van der Waals surface area contributed by atoms with Crippen LogP contribution in [0.5, 0.6) is 0 Å². The standard InChI is InChI=1S/C9H10N2O/c12-11-9-5-6-10-8-4-2-1-3-7(8)9/h1-4,9-10H,5-6H2. The summed E-state index contributed by atoms with van der Waals surface area (Å²) in [5, 5.41) is 6.33. The number of rotatable bonds is 1. The number of hydrogen-bond donors (Lipinski definition) is 1. The lowest BCUT2D eigenvalue weighted by molar-refractivity contribution is 0.652. The van der Waals surface area contributed by atoms with Crippen molar-refractivity contribution in [2.24, 2.45) is 5.18 Å². The maximum absolute atomic E-state index is 10.4. The Hall–Kier alpha value is -1.38. The fourth-order valence-corrected chi connectivity index (χ4v) is 1.56. The van der Waals surface area contributed by atoms with Gasteiger partial charge < -0.3 is 5.32 Å². The highest BCUT2D eigenvalue weighted by Gasteiger charge is 2.19. The zero-order valence-corrected chi connectivity index (χ0v) is 6.66. The van der Waals surface area contributed by atoms with Gasteiger partial charge in [-0.2, -0.15) is 4.91 Å². The second kappa shape index (κ2) is 2.93. The molecule has 2 rings (SSSR count). The molecular weight excluding hydrogens is 152 g/mol. The number of hydrogen-bond acceptors (Lipinski definition) is 3. The van der Waals surface area contributed by atoms with Gasteiger partial charge in [-0.05, 0) is 12.5 Å². The molecule has 0 amide bonds. The summed E-state index contributed by atoms with van der Waals surface area (Å²) in [4.78, 5) is 10.4. The number of nitrogens with one attached hydrogen (secondary N) is 1. The summed E-state index contributed by atoms with van der Waals surface area (Å²) < 4.78 is 0. The molecule has 1 aliphatic rings. The molecule has 3 nitrogen and oxygen atoms in total. The molecule has 1 aromatic carbocycles. The number of benzene rings is 1. The van der Waals surface area contributed by atoms with Gasteiger partial charge in [-0.15, -0.1) is 0 Å². The van der Waals surface area contributed by atoms with E-state index >= 15 is 0 Å². The van der Waals surface area contributed by atoms with E-state index < -0.39 is 0 Å². The van der Waals surface area contributed by atoms with E-state index in [1.165, 1.54) is 0 Å². The minimum absolute atomic E-state index is 0.151. The molecule has 1 unspecified atom stereocenters. The quantitative estimate of drug-likeness (QED) is 0.644. The van der Waals surface area contributed by atoms with E-state index in [0.29, 0.717) is 0 Å². The predicted molar refractivity (Wildman–Crippen MR) is 48.1 cm³/mol. The summed E-state index contributed by atoms with van der Waals surface area (Å²) in [5.74, 6) is 0. The fourth-order valence-electron chi connectivity index (χ4n) is 1.56. The largest absolute Gasteiger partial charge is 0.385 e. The lowest BCUT2D eigenvalue weighted by Crippen LogP contribution is -2.14. The van der Waals surface area contributed by atoms with Gasteiger partial charge in [-0.3, -0.25) is 0 Å². The van der Waals surface area contributed by atoms with Gasteiger partial charge >= 0.3 is 0 Å². The highest BCUT2D eigenvalue weighted by atomic mass is 16.3. The molecule has 0 bridgehead atoms. The summed E-state index contributed by atoms with van der Waals surface area (Å²) in [6, 6.07) is 7.67. The van der Waals surface area contributed by atoms with Crippen LogP contribution in [0.4, 0.5) is 5.69 Å². The first kappa shape index (κ1) is 7.28. The minimum atomic E-state index is -0.151. The normalized spacial score (nSPS) is 20.8. The van der Waals surface area contributed by atoms with E-state index in [0.717, 1.165) is 24.2 Å². The molecule has 0 radical (unpaired) electrons. The van der Waals surface area contributed by atoms with Crippen molar-refractivity contribution in [1.82, 2.24) is 0 Å². The molecular formula is C9H10N2O. The summed E-state index contributed by atoms with van der Waals surface area (Å²) in [6.07, 6.45) is 0.806. The Morgan fingerprint density at radius 2 is 2.25 bits per heavy atom. The molecule has 1 atom stereocenters. The fraction of sp³-hybridized carbons (Fsp3) is 0.333. The average Bonchev–Trinajstić information content (AvgIpc) is 2.17. The SMILES string of the molecule is O=NC1CCNc2ccccc21. The summed E-state index contributed by atoms with van der Waals surface area (Å²) in [7, 11) is 0. The maximum atomic E-state index is 10.4. The Kier molecular flexibility index (Phi) is 1.78. The molecule has 0 saturated heterocycles. The van der Waals surface area contributed by atoms with Crippen molar-refractivity contribution in [2.45, 2.75) is 12.5 Å². The van der Waals surface area contributed by atoms with Crippen LogP contribution >= 0.6 is 0 Å². The Bertz CT molecular complexity index is 298. The van der Waals surface area contributed by atoms with Crippen LogP contribution in [0.1, 0.15) is 18.0 Å². The van der Waals surface area contributed by atoms with Crippen molar-refractivity contribution in [3.8, 4) is 0 Å². The van der Waals surface area contributed by atoms with Gasteiger partial charge in [0.2, 0.25) is 0 Å². The Morgan fingerprint density at radius 3 is 3.08 bits per heavy atom. The topological polar surface area (TPSA) is 41.5 Å². The minimum Gasteiger partial charge on any atom is -0.385 e. The summed E-state index contributed by atoms with van der Waals surface area (Å²) in [5.41, 5.74) is 2.08. The first-order valence-corrected chi connectivity index (χ1v) is 4.07. The van der Waals surface area contributed by atoms with Crippen LogP contribution in [-0.2, 0) is 0 Å². The molecule has 0 aliphatic carbocycles. The molecule has 1 N–H and O–H groups in total. The van der Waals surface area contributed by atoms with Crippen molar-refractivity contribution >= 4 is 5.69 Å². The third-order valence-corrected chi connectivity index (χ3v) is 2.18. The van der Waals surface area contributed by atoms with Crippen LogP contribution in [0, 0.1) is 4.91 Å². The molecule has 1 aromatic rings. The molecule has 0 spiro atoms. The highest BCUT2D eigenvalue weighted by molar-refractivity contribution is 5.54. The molecule has 12 heavy (non-hydrogen) atoms. The Morgan fingerprint density at radius 1 is 1.42 bits per heavy atom. The number of nitroso groups, excluding NO2 is 1. The molecule has 0 fully saturated rings. The zero-order chi connectivity index (χ0) is 8.39.